The summed E-state index contributed by atoms with van der Waals surface area (Å²) in [7, 11) is 0. The first-order valence-electron chi connectivity index (χ1n) is 9.62. The zero-order valence-corrected chi connectivity index (χ0v) is 15.2. The van der Waals surface area contributed by atoms with Gasteiger partial charge in [0.25, 0.3) is 0 Å². The second-order valence-electron chi connectivity index (χ2n) is 7.37. The van der Waals surface area contributed by atoms with Gasteiger partial charge in [-0.15, -0.1) is 0 Å². The molecule has 1 unspecified atom stereocenters. The van der Waals surface area contributed by atoms with Crippen LogP contribution in [0.1, 0.15) is 24.8 Å². The van der Waals surface area contributed by atoms with Crippen molar-refractivity contribution in [3.63, 3.8) is 0 Å². The van der Waals surface area contributed by atoms with Crippen LogP contribution in [0.3, 0.4) is 0 Å². The fraction of sp³-hybridized carbons (Fsp3) is 0.550. The van der Waals surface area contributed by atoms with Gasteiger partial charge in [-0.3, -0.25) is 10.00 Å². The van der Waals surface area contributed by atoms with E-state index < -0.39 is 0 Å². The molecule has 1 N–H and O–H groups in total. The van der Waals surface area contributed by atoms with E-state index in [0.717, 1.165) is 56.0 Å². The van der Waals surface area contributed by atoms with Gasteiger partial charge in [-0.1, -0.05) is 0 Å². The smallest absolute Gasteiger partial charge is 0.123 e. The van der Waals surface area contributed by atoms with Gasteiger partial charge in [-0.05, 0) is 56.6 Å². The lowest BCUT2D eigenvalue weighted by molar-refractivity contribution is 0.0308. The number of rotatable bonds is 5. The zero-order chi connectivity index (χ0) is 17.8. The van der Waals surface area contributed by atoms with Crippen molar-refractivity contribution in [2.24, 2.45) is 0 Å². The SMILES string of the molecule is Fc1ccc(-c2[nH]ncc2CN2CCCOC(CN3CCCC3)C2)cc1. The van der Waals surface area contributed by atoms with Gasteiger partial charge in [0.15, 0.2) is 0 Å². The third-order valence-corrected chi connectivity index (χ3v) is 5.34. The van der Waals surface area contributed by atoms with Crippen LogP contribution in [-0.2, 0) is 11.3 Å². The molecular weight excluding hydrogens is 331 g/mol. The Bertz CT molecular complexity index is 696. The molecule has 6 heteroatoms. The van der Waals surface area contributed by atoms with Crippen LogP contribution in [0.25, 0.3) is 11.3 Å². The molecule has 1 atom stereocenters. The number of hydrogen-bond acceptors (Lipinski definition) is 4. The molecule has 0 spiro atoms. The second kappa shape index (κ2) is 8.29. The maximum Gasteiger partial charge on any atom is 0.123 e. The summed E-state index contributed by atoms with van der Waals surface area (Å²) in [6, 6.07) is 6.58. The third-order valence-electron chi connectivity index (χ3n) is 5.34. The number of hydrogen-bond donors (Lipinski definition) is 1. The van der Waals surface area contributed by atoms with Crippen molar-refractivity contribution in [2.45, 2.75) is 31.9 Å². The highest BCUT2D eigenvalue weighted by molar-refractivity contribution is 5.62. The number of H-pyrrole nitrogens is 1. The highest BCUT2D eigenvalue weighted by Gasteiger charge is 2.23. The second-order valence-corrected chi connectivity index (χ2v) is 7.37. The number of nitrogens with zero attached hydrogens (tertiary/aromatic N) is 3. The summed E-state index contributed by atoms with van der Waals surface area (Å²) in [5.74, 6) is -0.218. The van der Waals surface area contributed by atoms with Gasteiger partial charge in [0, 0.05) is 43.9 Å². The highest BCUT2D eigenvalue weighted by atomic mass is 19.1. The molecule has 140 valence electrons. The first kappa shape index (κ1) is 17.6. The van der Waals surface area contributed by atoms with E-state index in [1.165, 1.54) is 38.1 Å². The van der Waals surface area contributed by atoms with Crippen LogP contribution in [0, 0.1) is 5.82 Å². The molecule has 5 nitrogen and oxygen atoms in total. The monoisotopic (exact) mass is 358 g/mol. The van der Waals surface area contributed by atoms with Gasteiger partial charge in [0.05, 0.1) is 18.0 Å². The Hall–Kier alpha value is -1.76. The average molecular weight is 358 g/mol. The van der Waals surface area contributed by atoms with E-state index in [1.807, 2.05) is 6.20 Å². The van der Waals surface area contributed by atoms with Crippen LogP contribution in [0.2, 0.25) is 0 Å². The molecule has 26 heavy (non-hydrogen) atoms. The minimum Gasteiger partial charge on any atom is -0.376 e. The highest BCUT2D eigenvalue weighted by Crippen LogP contribution is 2.23. The maximum absolute atomic E-state index is 13.2. The summed E-state index contributed by atoms with van der Waals surface area (Å²) in [5, 5.41) is 7.31. The predicted octanol–water partition coefficient (Wildman–Crippen LogP) is 2.90. The summed E-state index contributed by atoms with van der Waals surface area (Å²) < 4.78 is 19.3. The topological polar surface area (TPSA) is 44.4 Å². The Balaban J connectivity index is 1.42. The number of benzene rings is 1. The summed E-state index contributed by atoms with van der Waals surface area (Å²) in [4.78, 5) is 4.99. The number of ether oxygens (including phenoxy) is 1. The first-order chi connectivity index (χ1) is 12.8. The number of likely N-dealkylation sites (tertiary alicyclic amines) is 1. The van der Waals surface area contributed by atoms with E-state index in [9.17, 15) is 4.39 Å². The van der Waals surface area contributed by atoms with E-state index >= 15 is 0 Å². The summed E-state index contributed by atoms with van der Waals surface area (Å²) >= 11 is 0. The normalized spacial score (nSPS) is 22.6. The Kier molecular flexibility index (Phi) is 5.62. The molecule has 1 aromatic heterocycles. The largest absolute Gasteiger partial charge is 0.376 e. The van der Waals surface area contributed by atoms with Crippen LogP contribution >= 0.6 is 0 Å². The lowest BCUT2D eigenvalue weighted by Crippen LogP contribution is -2.39. The molecule has 4 rings (SSSR count). The van der Waals surface area contributed by atoms with E-state index in [1.54, 1.807) is 12.1 Å². The van der Waals surface area contributed by atoms with Gasteiger partial charge in [0.1, 0.15) is 5.82 Å². The standard InChI is InChI=1S/C20H27FN4O/c21-18-6-4-16(5-7-18)20-17(12-22-23-20)13-25-10-3-11-26-19(15-25)14-24-8-1-2-9-24/h4-7,12,19H,1-3,8-11,13-15H2,(H,22,23). The van der Waals surface area contributed by atoms with Crippen molar-refractivity contribution < 1.29 is 9.13 Å². The summed E-state index contributed by atoms with van der Waals surface area (Å²) in [5.41, 5.74) is 3.10. The minimum absolute atomic E-state index is 0.218. The van der Waals surface area contributed by atoms with Gasteiger partial charge in [-0.2, -0.15) is 5.10 Å². The van der Waals surface area contributed by atoms with Crippen LogP contribution in [0.5, 0.6) is 0 Å². The molecule has 0 amide bonds. The van der Waals surface area contributed by atoms with E-state index in [2.05, 4.69) is 20.0 Å². The van der Waals surface area contributed by atoms with Crippen molar-refractivity contribution >= 4 is 0 Å². The molecule has 0 aliphatic carbocycles. The molecule has 0 saturated carbocycles. The number of nitrogens with one attached hydrogen (secondary N) is 1. The molecule has 2 saturated heterocycles. The van der Waals surface area contributed by atoms with Crippen LogP contribution in [-0.4, -0.2) is 65.4 Å². The van der Waals surface area contributed by atoms with Crippen LogP contribution < -0.4 is 0 Å². The van der Waals surface area contributed by atoms with Crippen molar-refractivity contribution in [1.82, 2.24) is 20.0 Å². The quantitative estimate of drug-likeness (QED) is 0.893. The number of aromatic nitrogens is 2. The molecule has 1 aromatic carbocycles. The molecule has 3 heterocycles. The Morgan fingerprint density at radius 3 is 2.65 bits per heavy atom. The number of halogens is 1. The fourth-order valence-electron chi connectivity index (χ4n) is 4.02. The minimum atomic E-state index is -0.218. The number of aromatic amines is 1. The first-order valence-corrected chi connectivity index (χ1v) is 9.62. The lowest BCUT2D eigenvalue weighted by atomic mass is 10.1. The van der Waals surface area contributed by atoms with E-state index in [4.69, 9.17) is 4.74 Å². The summed E-state index contributed by atoms with van der Waals surface area (Å²) in [6.07, 6.45) is 5.84. The molecule has 2 aliphatic heterocycles. The van der Waals surface area contributed by atoms with Gasteiger partial charge >= 0.3 is 0 Å². The molecule has 2 aromatic rings. The Labute approximate surface area is 154 Å². The third kappa shape index (κ3) is 4.31. The van der Waals surface area contributed by atoms with Crippen LogP contribution in [0.15, 0.2) is 30.5 Å². The van der Waals surface area contributed by atoms with E-state index in [0.29, 0.717) is 0 Å². The van der Waals surface area contributed by atoms with Crippen molar-refractivity contribution in [2.75, 3.05) is 39.3 Å². The van der Waals surface area contributed by atoms with Crippen LogP contribution in [0.4, 0.5) is 4.39 Å². The Morgan fingerprint density at radius 1 is 1.08 bits per heavy atom. The lowest BCUT2D eigenvalue weighted by Gasteiger charge is -2.26. The molecule has 2 aliphatic rings. The molecular formula is C20H27FN4O. The van der Waals surface area contributed by atoms with Crippen molar-refractivity contribution in [3.8, 4) is 11.3 Å². The van der Waals surface area contributed by atoms with Crippen molar-refractivity contribution in [3.05, 3.63) is 41.8 Å². The predicted molar refractivity (Wildman–Crippen MR) is 99.3 cm³/mol. The Morgan fingerprint density at radius 2 is 1.85 bits per heavy atom. The fourth-order valence-corrected chi connectivity index (χ4v) is 4.02. The summed E-state index contributed by atoms with van der Waals surface area (Å²) in [6.45, 7) is 7.10. The van der Waals surface area contributed by atoms with Gasteiger partial charge < -0.3 is 9.64 Å². The molecule has 2 fully saturated rings. The van der Waals surface area contributed by atoms with Gasteiger partial charge in [-0.25, -0.2) is 4.39 Å². The average Bonchev–Trinajstić information content (AvgIpc) is 3.26. The van der Waals surface area contributed by atoms with Gasteiger partial charge in [0.2, 0.25) is 0 Å². The van der Waals surface area contributed by atoms with Crippen molar-refractivity contribution in [1.29, 1.82) is 0 Å². The maximum atomic E-state index is 13.2. The zero-order valence-electron chi connectivity index (χ0n) is 15.2. The molecule has 0 bridgehead atoms. The molecule has 0 radical (unpaired) electrons. The van der Waals surface area contributed by atoms with E-state index in [-0.39, 0.29) is 11.9 Å².